The Bertz CT molecular complexity index is 491. The number of benzene rings is 1. The quantitative estimate of drug-likeness (QED) is 0.906. The Kier molecular flexibility index (Phi) is 5.37. The lowest BCUT2D eigenvalue weighted by atomic mass is 10.00. The molecule has 3 rings (SSSR count). The smallest absolute Gasteiger partial charge is 0.0805 e. The van der Waals surface area contributed by atoms with Crippen LogP contribution in [0.2, 0.25) is 0 Å². The van der Waals surface area contributed by atoms with Crippen LogP contribution in [0.25, 0.3) is 0 Å². The number of nitrogens with zero attached hydrogens (tertiary/aromatic N) is 1. The zero-order valence-electron chi connectivity index (χ0n) is 14.3. The summed E-state index contributed by atoms with van der Waals surface area (Å²) in [6, 6.07) is 10.2. The number of morpholine rings is 1. The lowest BCUT2D eigenvalue weighted by molar-refractivity contribution is -0.0688. The van der Waals surface area contributed by atoms with Gasteiger partial charge in [0.1, 0.15) is 0 Å². The molecule has 2 heterocycles. The van der Waals surface area contributed by atoms with E-state index in [2.05, 4.69) is 18.7 Å². The molecule has 0 spiro atoms. The normalized spacial score (nSPS) is 29.5. The SMILES string of the molecule is CC1(C)CCC(CN2CCOCC2CC(O)c2ccccc2)O1. The summed E-state index contributed by atoms with van der Waals surface area (Å²) in [5.74, 6) is 0. The van der Waals surface area contributed by atoms with Crippen LogP contribution in [0.15, 0.2) is 30.3 Å². The minimum atomic E-state index is -0.439. The Morgan fingerprint density at radius 2 is 2.09 bits per heavy atom. The molecular formula is C19H29NO3. The maximum atomic E-state index is 10.5. The molecule has 4 nitrogen and oxygen atoms in total. The second-order valence-electron chi connectivity index (χ2n) is 7.42. The molecule has 1 N–H and O–H groups in total. The monoisotopic (exact) mass is 319 g/mol. The van der Waals surface area contributed by atoms with Crippen LogP contribution in [0.5, 0.6) is 0 Å². The third-order valence-electron chi connectivity index (χ3n) is 5.02. The molecule has 2 fully saturated rings. The fourth-order valence-corrected chi connectivity index (χ4v) is 3.68. The van der Waals surface area contributed by atoms with Crippen LogP contribution in [0, 0.1) is 0 Å². The Balaban J connectivity index is 1.58. The van der Waals surface area contributed by atoms with Gasteiger partial charge in [-0.1, -0.05) is 30.3 Å². The molecule has 0 amide bonds. The van der Waals surface area contributed by atoms with Crippen molar-refractivity contribution in [3.8, 4) is 0 Å². The molecule has 0 saturated carbocycles. The fraction of sp³-hybridized carbons (Fsp3) is 0.684. The van der Waals surface area contributed by atoms with E-state index in [1.165, 1.54) is 0 Å². The summed E-state index contributed by atoms with van der Waals surface area (Å²) >= 11 is 0. The zero-order chi connectivity index (χ0) is 16.3. The number of ether oxygens (including phenoxy) is 2. The molecule has 0 aromatic heterocycles. The minimum absolute atomic E-state index is 0.00992. The topological polar surface area (TPSA) is 41.9 Å². The third-order valence-corrected chi connectivity index (χ3v) is 5.02. The van der Waals surface area contributed by atoms with Gasteiger partial charge in [-0.15, -0.1) is 0 Å². The molecule has 2 saturated heterocycles. The minimum Gasteiger partial charge on any atom is -0.388 e. The van der Waals surface area contributed by atoms with E-state index in [1.807, 2.05) is 30.3 Å². The standard InChI is InChI=1S/C19H29NO3/c1-19(2)9-8-17(23-19)13-20-10-11-22-14-16(20)12-18(21)15-6-4-3-5-7-15/h3-7,16-18,21H,8-14H2,1-2H3. The molecule has 3 atom stereocenters. The molecule has 2 aliphatic rings. The first-order chi connectivity index (χ1) is 11.0. The molecule has 3 unspecified atom stereocenters. The van der Waals surface area contributed by atoms with Gasteiger partial charge in [-0.2, -0.15) is 0 Å². The molecule has 4 heteroatoms. The van der Waals surface area contributed by atoms with Gasteiger partial charge in [-0.05, 0) is 38.7 Å². The first kappa shape index (κ1) is 16.9. The lowest BCUT2D eigenvalue weighted by Gasteiger charge is -2.38. The summed E-state index contributed by atoms with van der Waals surface area (Å²) < 4.78 is 11.8. The van der Waals surface area contributed by atoms with Gasteiger partial charge in [-0.25, -0.2) is 0 Å². The van der Waals surface area contributed by atoms with Crippen LogP contribution in [0.3, 0.4) is 0 Å². The van der Waals surface area contributed by atoms with Crippen LogP contribution < -0.4 is 0 Å². The van der Waals surface area contributed by atoms with Gasteiger partial charge in [0.15, 0.2) is 0 Å². The van der Waals surface area contributed by atoms with Gasteiger partial charge in [0.25, 0.3) is 0 Å². The second-order valence-corrected chi connectivity index (χ2v) is 7.42. The van der Waals surface area contributed by atoms with Crippen LogP contribution in [0.1, 0.15) is 44.8 Å². The highest BCUT2D eigenvalue weighted by molar-refractivity contribution is 5.17. The highest BCUT2D eigenvalue weighted by Gasteiger charge is 2.35. The van der Waals surface area contributed by atoms with Crippen molar-refractivity contribution in [3.05, 3.63) is 35.9 Å². The summed E-state index contributed by atoms with van der Waals surface area (Å²) in [4.78, 5) is 2.45. The van der Waals surface area contributed by atoms with E-state index in [9.17, 15) is 5.11 Å². The van der Waals surface area contributed by atoms with Crippen molar-refractivity contribution in [2.45, 2.75) is 57.0 Å². The van der Waals surface area contributed by atoms with Crippen molar-refractivity contribution < 1.29 is 14.6 Å². The van der Waals surface area contributed by atoms with Crippen LogP contribution in [-0.4, -0.2) is 54.1 Å². The van der Waals surface area contributed by atoms with Gasteiger partial charge < -0.3 is 14.6 Å². The van der Waals surface area contributed by atoms with Gasteiger partial charge >= 0.3 is 0 Å². The molecule has 0 radical (unpaired) electrons. The van der Waals surface area contributed by atoms with Crippen molar-refractivity contribution in [1.29, 1.82) is 0 Å². The molecular weight excluding hydrogens is 290 g/mol. The van der Waals surface area contributed by atoms with Crippen molar-refractivity contribution in [1.82, 2.24) is 4.90 Å². The Hall–Kier alpha value is -0.940. The predicted octanol–water partition coefficient (Wildman–Crippen LogP) is 2.77. The number of hydrogen-bond donors (Lipinski definition) is 1. The summed E-state index contributed by atoms with van der Waals surface area (Å²) in [6.07, 6.45) is 2.82. The van der Waals surface area contributed by atoms with Crippen molar-refractivity contribution >= 4 is 0 Å². The van der Waals surface area contributed by atoms with E-state index in [1.54, 1.807) is 0 Å². The van der Waals surface area contributed by atoms with E-state index in [4.69, 9.17) is 9.47 Å². The fourth-order valence-electron chi connectivity index (χ4n) is 3.68. The van der Waals surface area contributed by atoms with Crippen molar-refractivity contribution in [2.75, 3.05) is 26.3 Å². The zero-order valence-corrected chi connectivity index (χ0v) is 14.3. The van der Waals surface area contributed by atoms with Crippen LogP contribution in [0.4, 0.5) is 0 Å². The Morgan fingerprint density at radius 3 is 2.78 bits per heavy atom. The van der Waals surface area contributed by atoms with Gasteiger partial charge in [-0.3, -0.25) is 4.90 Å². The lowest BCUT2D eigenvalue weighted by Crippen LogP contribution is -2.49. The van der Waals surface area contributed by atoms with E-state index < -0.39 is 6.10 Å². The summed E-state index contributed by atoms with van der Waals surface area (Å²) in [6.45, 7) is 7.67. The second kappa shape index (κ2) is 7.31. The predicted molar refractivity (Wildman–Crippen MR) is 90.4 cm³/mol. The molecule has 2 aliphatic heterocycles. The average molecular weight is 319 g/mol. The highest BCUT2D eigenvalue weighted by atomic mass is 16.5. The van der Waals surface area contributed by atoms with Gasteiger partial charge in [0.2, 0.25) is 0 Å². The Labute approximate surface area is 139 Å². The number of aliphatic hydroxyl groups is 1. The summed E-state index contributed by atoms with van der Waals surface area (Å²) in [5.41, 5.74) is 0.993. The number of aliphatic hydroxyl groups excluding tert-OH is 1. The Morgan fingerprint density at radius 1 is 1.30 bits per heavy atom. The molecule has 23 heavy (non-hydrogen) atoms. The van der Waals surface area contributed by atoms with E-state index in [-0.39, 0.29) is 11.6 Å². The molecule has 1 aromatic rings. The number of hydrogen-bond acceptors (Lipinski definition) is 4. The number of rotatable bonds is 5. The van der Waals surface area contributed by atoms with Crippen LogP contribution >= 0.6 is 0 Å². The maximum Gasteiger partial charge on any atom is 0.0805 e. The van der Waals surface area contributed by atoms with Crippen LogP contribution in [-0.2, 0) is 9.47 Å². The maximum absolute atomic E-state index is 10.5. The van der Waals surface area contributed by atoms with E-state index in [0.29, 0.717) is 19.1 Å². The summed E-state index contributed by atoms with van der Waals surface area (Å²) in [7, 11) is 0. The van der Waals surface area contributed by atoms with Crippen molar-refractivity contribution in [3.63, 3.8) is 0 Å². The van der Waals surface area contributed by atoms with Gasteiger partial charge in [0.05, 0.1) is 31.0 Å². The highest BCUT2D eigenvalue weighted by Crippen LogP contribution is 2.31. The first-order valence-electron chi connectivity index (χ1n) is 8.76. The largest absolute Gasteiger partial charge is 0.388 e. The molecule has 0 bridgehead atoms. The van der Waals surface area contributed by atoms with E-state index in [0.717, 1.165) is 38.1 Å². The molecule has 128 valence electrons. The molecule has 1 aromatic carbocycles. The summed E-state index contributed by atoms with van der Waals surface area (Å²) in [5, 5.41) is 10.5. The average Bonchev–Trinajstić information content (AvgIpc) is 2.89. The van der Waals surface area contributed by atoms with E-state index >= 15 is 0 Å². The van der Waals surface area contributed by atoms with Crippen molar-refractivity contribution in [2.24, 2.45) is 0 Å². The van der Waals surface area contributed by atoms with Gasteiger partial charge in [0, 0.05) is 19.1 Å². The third kappa shape index (κ3) is 4.54. The molecule has 0 aliphatic carbocycles. The first-order valence-corrected chi connectivity index (χ1v) is 8.76.